The minimum Gasteiger partial charge on any atom is -0.310 e. The maximum absolute atomic E-state index is 5.95. The van der Waals surface area contributed by atoms with E-state index in [4.69, 9.17) is 11.6 Å². The first-order valence-electron chi connectivity index (χ1n) is 5.88. The second-order valence-electron chi connectivity index (χ2n) is 4.52. The molecule has 3 heteroatoms. The van der Waals surface area contributed by atoms with Gasteiger partial charge in [-0.3, -0.25) is 0 Å². The van der Waals surface area contributed by atoms with Gasteiger partial charge in [0.15, 0.2) is 0 Å². The summed E-state index contributed by atoms with van der Waals surface area (Å²) in [5.41, 5.74) is 1.29. The SMILES string of the molecule is CCCC1CC1NCc1ccc(Cl)c(Br)c1. The standard InChI is InChI=1S/C13H17BrClN/c1-2-3-10-7-13(10)16-8-9-4-5-12(15)11(14)6-9/h4-6,10,13,16H,2-3,7-8H2,1H3. The molecule has 1 N–H and O–H groups in total. The summed E-state index contributed by atoms with van der Waals surface area (Å²) < 4.78 is 0.981. The number of benzene rings is 1. The van der Waals surface area contributed by atoms with E-state index in [0.717, 1.165) is 28.0 Å². The van der Waals surface area contributed by atoms with Crippen molar-refractivity contribution < 1.29 is 0 Å². The summed E-state index contributed by atoms with van der Waals surface area (Å²) in [6, 6.07) is 6.86. The van der Waals surface area contributed by atoms with E-state index >= 15 is 0 Å². The van der Waals surface area contributed by atoms with Crippen LogP contribution in [-0.4, -0.2) is 6.04 Å². The molecule has 1 aromatic carbocycles. The summed E-state index contributed by atoms with van der Waals surface area (Å²) in [6.45, 7) is 3.20. The zero-order valence-electron chi connectivity index (χ0n) is 9.47. The van der Waals surface area contributed by atoms with E-state index in [0.29, 0.717) is 0 Å². The van der Waals surface area contributed by atoms with Crippen LogP contribution < -0.4 is 5.32 Å². The van der Waals surface area contributed by atoms with Gasteiger partial charge in [0.25, 0.3) is 0 Å². The molecule has 0 aliphatic heterocycles. The van der Waals surface area contributed by atoms with Gasteiger partial charge >= 0.3 is 0 Å². The van der Waals surface area contributed by atoms with Gasteiger partial charge in [0.2, 0.25) is 0 Å². The number of hydrogen-bond donors (Lipinski definition) is 1. The first-order valence-corrected chi connectivity index (χ1v) is 7.05. The van der Waals surface area contributed by atoms with E-state index in [9.17, 15) is 0 Å². The molecule has 0 radical (unpaired) electrons. The summed E-state index contributed by atoms with van der Waals surface area (Å²) in [5, 5.41) is 4.37. The van der Waals surface area contributed by atoms with Gasteiger partial charge < -0.3 is 5.32 Å². The topological polar surface area (TPSA) is 12.0 Å². The Labute approximate surface area is 111 Å². The van der Waals surface area contributed by atoms with Crippen LogP contribution in [0.1, 0.15) is 31.7 Å². The molecular weight excluding hydrogens is 286 g/mol. The van der Waals surface area contributed by atoms with Gasteiger partial charge in [-0.25, -0.2) is 0 Å². The van der Waals surface area contributed by atoms with Crippen molar-refractivity contribution in [2.75, 3.05) is 0 Å². The van der Waals surface area contributed by atoms with Crippen molar-refractivity contribution in [1.29, 1.82) is 0 Å². The molecule has 88 valence electrons. The average molecular weight is 303 g/mol. The van der Waals surface area contributed by atoms with Crippen molar-refractivity contribution in [1.82, 2.24) is 5.32 Å². The Balaban J connectivity index is 1.80. The summed E-state index contributed by atoms with van der Waals surface area (Å²) in [4.78, 5) is 0. The first-order chi connectivity index (χ1) is 7.70. The normalized spacial score (nSPS) is 23.4. The van der Waals surface area contributed by atoms with E-state index in [1.807, 2.05) is 6.07 Å². The predicted octanol–water partition coefficient (Wildman–Crippen LogP) is 4.38. The van der Waals surface area contributed by atoms with Crippen molar-refractivity contribution in [3.8, 4) is 0 Å². The maximum Gasteiger partial charge on any atom is 0.0548 e. The molecule has 0 bridgehead atoms. The van der Waals surface area contributed by atoms with E-state index in [-0.39, 0.29) is 0 Å². The molecule has 1 fully saturated rings. The van der Waals surface area contributed by atoms with Crippen LogP contribution in [0.5, 0.6) is 0 Å². The van der Waals surface area contributed by atoms with E-state index in [2.05, 4.69) is 40.3 Å². The lowest BCUT2D eigenvalue weighted by Crippen LogP contribution is -2.17. The second kappa shape index (κ2) is 5.52. The molecule has 1 nitrogen and oxygen atoms in total. The highest BCUT2D eigenvalue weighted by atomic mass is 79.9. The van der Waals surface area contributed by atoms with E-state index in [1.165, 1.54) is 24.8 Å². The molecule has 1 aromatic rings. The van der Waals surface area contributed by atoms with Crippen LogP contribution in [0.2, 0.25) is 5.02 Å². The van der Waals surface area contributed by atoms with Crippen molar-refractivity contribution in [3.63, 3.8) is 0 Å². The molecule has 16 heavy (non-hydrogen) atoms. The van der Waals surface area contributed by atoms with Crippen molar-refractivity contribution in [3.05, 3.63) is 33.3 Å². The van der Waals surface area contributed by atoms with E-state index < -0.39 is 0 Å². The quantitative estimate of drug-likeness (QED) is 0.851. The number of hydrogen-bond acceptors (Lipinski definition) is 1. The van der Waals surface area contributed by atoms with Crippen LogP contribution >= 0.6 is 27.5 Å². The van der Waals surface area contributed by atoms with Crippen molar-refractivity contribution in [2.45, 2.75) is 38.8 Å². The lowest BCUT2D eigenvalue weighted by molar-refractivity contribution is 0.599. The predicted molar refractivity (Wildman–Crippen MR) is 72.8 cm³/mol. The largest absolute Gasteiger partial charge is 0.310 e. The van der Waals surface area contributed by atoms with Gasteiger partial charge in [0, 0.05) is 17.1 Å². The Bertz CT molecular complexity index is 367. The molecule has 0 heterocycles. The van der Waals surface area contributed by atoms with Gasteiger partial charge in [0.1, 0.15) is 0 Å². The third-order valence-corrected chi connectivity index (χ3v) is 4.35. The fourth-order valence-corrected chi connectivity index (χ4v) is 2.63. The Morgan fingerprint density at radius 3 is 3.00 bits per heavy atom. The van der Waals surface area contributed by atoms with Crippen LogP contribution in [0.25, 0.3) is 0 Å². The first kappa shape index (κ1) is 12.4. The zero-order chi connectivity index (χ0) is 11.5. The molecule has 0 aromatic heterocycles. The molecule has 1 aliphatic rings. The summed E-state index contributed by atoms with van der Waals surface area (Å²) in [7, 11) is 0. The average Bonchev–Trinajstić information content (AvgIpc) is 2.99. The molecule has 2 rings (SSSR count). The smallest absolute Gasteiger partial charge is 0.0548 e. The Morgan fingerprint density at radius 2 is 2.31 bits per heavy atom. The molecule has 1 aliphatic carbocycles. The highest BCUT2D eigenvalue weighted by Gasteiger charge is 2.35. The molecule has 2 unspecified atom stereocenters. The number of nitrogens with one attached hydrogen (secondary N) is 1. The van der Waals surface area contributed by atoms with Gasteiger partial charge in [-0.05, 0) is 52.4 Å². The van der Waals surface area contributed by atoms with E-state index in [1.54, 1.807) is 0 Å². The monoisotopic (exact) mass is 301 g/mol. The zero-order valence-corrected chi connectivity index (χ0v) is 11.8. The van der Waals surface area contributed by atoms with Crippen LogP contribution in [-0.2, 0) is 6.54 Å². The number of rotatable bonds is 5. The van der Waals surface area contributed by atoms with Gasteiger partial charge in [-0.1, -0.05) is 31.0 Å². The molecule has 2 atom stereocenters. The van der Waals surface area contributed by atoms with Gasteiger partial charge in [0.05, 0.1) is 5.02 Å². The van der Waals surface area contributed by atoms with Gasteiger partial charge in [-0.2, -0.15) is 0 Å². The summed E-state index contributed by atoms with van der Waals surface area (Å²) in [5.74, 6) is 0.917. The van der Waals surface area contributed by atoms with Gasteiger partial charge in [-0.15, -0.1) is 0 Å². The summed E-state index contributed by atoms with van der Waals surface area (Å²) in [6.07, 6.45) is 4.01. The second-order valence-corrected chi connectivity index (χ2v) is 5.78. The third-order valence-electron chi connectivity index (χ3n) is 3.13. The van der Waals surface area contributed by atoms with Crippen LogP contribution in [0.4, 0.5) is 0 Å². The van der Waals surface area contributed by atoms with Crippen LogP contribution in [0.15, 0.2) is 22.7 Å². The molecule has 0 spiro atoms. The minimum atomic E-state index is 0.745. The summed E-state index contributed by atoms with van der Waals surface area (Å²) >= 11 is 9.40. The lowest BCUT2D eigenvalue weighted by Gasteiger charge is -2.05. The number of halogens is 2. The van der Waals surface area contributed by atoms with Crippen molar-refractivity contribution >= 4 is 27.5 Å². The molecule has 0 saturated heterocycles. The maximum atomic E-state index is 5.95. The van der Waals surface area contributed by atoms with Crippen molar-refractivity contribution in [2.24, 2.45) is 5.92 Å². The highest BCUT2D eigenvalue weighted by molar-refractivity contribution is 9.10. The molecule has 0 amide bonds. The fourth-order valence-electron chi connectivity index (χ4n) is 2.09. The minimum absolute atomic E-state index is 0.745. The third kappa shape index (κ3) is 3.22. The highest BCUT2D eigenvalue weighted by Crippen LogP contribution is 2.34. The lowest BCUT2D eigenvalue weighted by atomic mass is 10.2. The molecule has 1 saturated carbocycles. The fraction of sp³-hybridized carbons (Fsp3) is 0.538. The Kier molecular flexibility index (Phi) is 4.28. The Hall–Kier alpha value is -0.0500. The van der Waals surface area contributed by atoms with Crippen LogP contribution in [0.3, 0.4) is 0 Å². The van der Waals surface area contributed by atoms with Crippen LogP contribution in [0, 0.1) is 5.92 Å². The molecular formula is C13H17BrClN. The Morgan fingerprint density at radius 1 is 1.50 bits per heavy atom.